The van der Waals surface area contributed by atoms with Crippen molar-refractivity contribution in [3.05, 3.63) is 35.1 Å². The van der Waals surface area contributed by atoms with Gasteiger partial charge >= 0.3 is 0 Å². The molecule has 0 unspecified atom stereocenters. The van der Waals surface area contributed by atoms with Crippen LogP contribution < -0.4 is 0 Å². The molecule has 1 spiro atoms. The van der Waals surface area contributed by atoms with E-state index in [-0.39, 0.29) is 28.6 Å². The largest absolute Gasteiger partial charge is 0.497 e. The highest BCUT2D eigenvalue weighted by Gasteiger charge is 2.63. The number of hydrogen-bond acceptors (Lipinski definition) is 3. The van der Waals surface area contributed by atoms with Crippen molar-refractivity contribution in [2.45, 2.75) is 52.1 Å². The highest BCUT2D eigenvalue weighted by atomic mass is 16.5. The zero-order valence-corrected chi connectivity index (χ0v) is 14.5. The summed E-state index contributed by atoms with van der Waals surface area (Å²) in [6.45, 7) is 5.11. The van der Waals surface area contributed by atoms with Crippen LogP contribution in [0.25, 0.3) is 0 Å². The summed E-state index contributed by atoms with van der Waals surface area (Å²) in [5.41, 5.74) is 2.67. The van der Waals surface area contributed by atoms with Crippen LogP contribution in [0.5, 0.6) is 0 Å². The third-order valence-electron chi connectivity index (χ3n) is 8.00. The molecule has 1 heterocycles. The van der Waals surface area contributed by atoms with Crippen LogP contribution in [0.3, 0.4) is 0 Å². The molecular formula is C21H26O3. The van der Waals surface area contributed by atoms with Crippen LogP contribution >= 0.6 is 0 Å². The monoisotopic (exact) mass is 326 g/mol. The molecule has 4 aliphatic carbocycles. The molecule has 6 atom stereocenters. The smallest absolute Gasteiger partial charge is 0.178 e. The van der Waals surface area contributed by atoms with E-state index in [1.807, 2.05) is 6.08 Å². The first-order valence-electron chi connectivity index (χ1n) is 9.41. The maximum Gasteiger partial charge on any atom is 0.178 e. The Morgan fingerprint density at radius 2 is 2.12 bits per heavy atom. The van der Waals surface area contributed by atoms with Crippen molar-refractivity contribution in [3.63, 3.8) is 0 Å². The van der Waals surface area contributed by atoms with Crippen LogP contribution in [-0.4, -0.2) is 23.6 Å². The van der Waals surface area contributed by atoms with Crippen molar-refractivity contribution in [2.75, 3.05) is 6.61 Å². The Morgan fingerprint density at radius 1 is 1.29 bits per heavy atom. The molecule has 5 rings (SSSR count). The quantitative estimate of drug-likeness (QED) is 0.740. The Morgan fingerprint density at radius 3 is 2.96 bits per heavy atom. The average molecular weight is 326 g/mol. The number of carbonyl (C=O) groups is 1. The number of rotatable bonds is 0. The molecule has 1 N–H and O–H groups in total. The van der Waals surface area contributed by atoms with Gasteiger partial charge in [-0.2, -0.15) is 0 Å². The van der Waals surface area contributed by atoms with E-state index in [1.165, 1.54) is 17.6 Å². The van der Waals surface area contributed by atoms with Crippen molar-refractivity contribution in [3.8, 4) is 0 Å². The van der Waals surface area contributed by atoms with Gasteiger partial charge in [0.25, 0.3) is 0 Å². The van der Waals surface area contributed by atoms with Gasteiger partial charge in [-0.1, -0.05) is 18.6 Å². The van der Waals surface area contributed by atoms with Gasteiger partial charge in [0.05, 0.1) is 18.5 Å². The van der Waals surface area contributed by atoms with Gasteiger partial charge in [-0.25, -0.2) is 0 Å². The Balaban J connectivity index is 1.58. The Hall–Kier alpha value is -1.35. The summed E-state index contributed by atoms with van der Waals surface area (Å²) in [5.74, 6) is 2.61. The lowest BCUT2D eigenvalue weighted by atomic mass is 9.47. The fourth-order valence-electron chi connectivity index (χ4n) is 7.04. The summed E-state index contributed by atoms with van der Waals surface area (Å²) in [6, 6.07) is 0. The maximum atomic E-state index is 11.8. The molecule has 0 saturated heterocycles. The molecule has 5 aliphatic rings. The number of fused-ring (bicyclic) bond motifs is 4. The minimum atomic E-state index is -0.319. The Labute approximate surface area is 143 Å². The Kier molecular flexibility index (Phi) is 2.88. The molecule has 0 aromatic carbocycles. The predicted octanol–water partition coefficient (Wildman–Crippen LogP) is 3.55. The van der Waals surface area contributed by atoms with Gasteiger partial charge in [0.15, 0.2) is 5.78 Å². The summed E-state index contributed by atoms with van der Waals surface area (Å²) >= 11 is 0. The zero-order chi connectivity index (χ0) is 16.7. The van der Waals surface area contributed by atoms with E-state index in [0.717, 1.165) is 38.0 Å². The first kappa shape index (κ1) is 14.9. The number of ketones is 1. The van der Waals surface area contributed by atoms with Gasteiger partial charge in [-0.05, 0) is 68.6 Å². The molecule has 0 amide bonds. The number of carbonyl (C=O) groups excluding carboxylic acids is 1. The normalized spacial score (nSPS) is 49.1. The molecular weight excluding hydrogens is 300 g/mol. The van der Waals surface area contributed by atoms with Crippen molar-refractivity contribution >= 4 is 5.78 Å². The lowest BCUT2D eigenvalue weighted by molar-refractivity contribution is -0.114. The van der Waals surface area contributed by atoms with Gasteiger partial charge in [0.1, 0.15) is 0 Å². The van der Waals surface area contributed by atoms with Crippen molar-refractivity contribution in [1.29, 1.82) is 0 Å². The van der Waals surface area contributed by atoms with Crippen molar-refractivity contribution in [2.24, 2.45) is 28.6 Å². The molecule has 3 heteroatoms. The van der Waals surface area contributed by atoms with Crippen molar-refractivity contribution in [1.82, 2.24) is 0 Å². The van der Waals surface area contributed by atoms with Crippen molar-refractivity contribution < 1.29 is 14.6 Å². The molecule has 3 nitrogen and oxygen atoms in total. The molecule has 3 fully saturated rings. The molecule has 24 heavy (non-hydrogen) atoms. The van der Waals surface area contributed by atoms with E-state index in [0.29, 0.717) is 11.8 Å². The SMILES string of the molecule is CC1=C2CC[C@@H]3[C@@H]4CCC5=CC(=O)C=C[C@@]5(C)[C@H]4[C@H](O)C[C@@]23CO1. The van der Waals surface area contributed by atoms with Crippen LogP contribution in [-0.2, 0) is 9.53 Å². The molecule has 0 bridgehead atoms. The van der Waals surface area contributed by atoms with Crippen LogP contribution in [0.15, 0.2) is 35.1 Å². The average Bonchev–Trinajstić information content (AvgIpc) is 3.05. The van der Waals surface area contributed by atoms with Gasteiger partial charge in [0.2, 0.25) is 0 Å². The van der Waals surface area contributed by atoms with E-state index in [9.17, 15) is 9.90 Å². The second kappa shape index (κ2) is 4.63. The summed E-state index contributed by atoms with van der Waals surface area (Å²) < 4.78 is 5.95. The van der Waals surface area contributed by atoms with Crippen LogP contribution in [0.1, 0.15) is 46.0 Å². The van der Waals surface area contributed by atoms with Gasteiger partial charge < -0.3 is 9.84 Å². The van der Waals surface area contributed by atoms with Crippen LogP contribution in [0, 0.1) is 28.6 Å². The second-order valence-corrected chi connectivity index (χ2v) is 8.81. The predicted molar refractivity (Wildman–Crippen MR) is 91.0 cm³/mol. The third kappa shape index (κ3) is 1.64. The van der Waals surface area contributed by atoms with E-state index in [2.05, 4.69) is 19.9 Å². The zero-order valence-electron chi connectivity index (χ0n) is 14.5. The molecule has 1 aliphatic heterocycles. The number of aliphatic hydroxyl groups is 1. The summed E-state index contributed by atoms with van der Waals surface area (Å²) in [7, 11) is 0. The fourth-order valence-corrected chi connectivity index (χ4v) is 7.04. The standard InChI is InChI=1S/C21H26O3/c1-12-16-5-6-17-15-4-3-13-9-14(22)7-8-20(13,2)19(15)18(23)10-21(16,17)11-24-12/h7-9,15,17-19,23H,3-6,10-11H2,1-2H3/t15-,17+,18+,19+,20+,21+/m0/s1. The van der Waals surface area contributed by atoms with E-state index in [1.54, 1.807) is 6.08 Å². The maximum absolute atomic E-state index is 11.8. The fraction of sp³-hybridized carbons (Fsp3) is 0.667. The topological polar surface area (TPSA) is 46.5 Å². The highest BCUT2D eigenvalue weighted by Crippen LogP contribution is 2.67. The minimum absolute atomic E-state index is 0.0937. The molecule has 0 radical (unpaired) electrons. The molecule has 128 valence electrons. The molecule has 0 aromatic rings. The lowest BCUT2D eigenvalue weighted by Gasteiger charge is -2.57. The highest BCUT2D eigenvalue weighted by molar-refractivity contribution is 6.01. The lowest BCUT2D eigenvalue weighted by Crippen LogP contribution is -2.56. The third-order valence-corrected chi connectivity index (χ3v) is 8.00. The van der Waals surface area contributed by atoms with E-state index < -0.39 is 0 Å². The number of aliphatic hydroxyl groups excluding tert-OH is 1. The van der Waals surface area contributed by atoms with Gasteiger partial charge in [-0.3, -0.25) is 4.79 Å². The summed E-state index contributed by atoms with van der Waals surface area (Å²) in [4.78, 5) is 11.8. The van der Waals surface area contributed by atoms with E-state index >= 15 is 0 Å². The summed E-state index contributed by atoms with van der Waals surface area (Å²) in [6.07, 6.45) is 10.6. The van der Waals surface area contributed by atoms with Gasteiger partial charge in [0, 0.05) is 16.7 Å². The van der Waals surface area contributed by atoms with E-state index in [4.69, 9.17) is 4.74 Å². The van der Waals surface area contributed by atoms with Crippen LogP contribution in [0.2, 0.25) is 0 Å². The Bertz CT molecular complexity index is 715. The van der Waals surface area contributed by atoms with Crippen LogP contribution in [0.4, 0.5) is 0 Å². The first-order valence-corrected chi connectivity index (χ1v) is 9.41. The number of allylic oxidation sites excluding steroid dienone is 5. The first-order chi connectivity index (χ1) is 11.5. The molecule has 3 saturated carbocycles. The number of hydrogen-bond donors (Lipinski definition) is 1. The minimum Gasteiger partial charge on any atom is -0.497 e. The number of ether oxygens (including phenoxy) is 1. The second-order valence-electron chi connectivity index (χ2n) is 8.81. The summed E-state index contributed by atoms with van der Waals surface area (Å²) in [5, 5.41) is 11.2. The van der Waals surface area contributed by atoms with Gasteiger partial charge in [-0.15, -0.1) is 0 Å². The molecule has 0 aromatic heterocycles.